The minimum Gasteiger partial charge on any atom is -0.790 e. The maximum absolute atomic E-state index is 12.5. The molecular formula is C32H54NO6P-2. The lowest BCUT2D eigenvalue weighted by Gasteiger charge is -2.31. The van der Waals surface area contributed by atoms with Crippen molar-refractivity contribution in [3.8, 4) is 5.75 Å². The van der Waals surface area contributed by atoms with Gasteiger partial charge >= 0.3 is 0 Å². The first kappa shape index (κ1) is 36.4. The summed E-state index contributed by atoms with van der Waals surface area (Å²) in [4.78, 5) is 34.5. The Morgan fingerprint density at radius 2 is 1.48 bits per heavy atom. The summed E-state index contributed by atoms with van der Waals surface area (Å²) in [5.41, 5.74) is 0.887. The second-order valence-corrected chi connectivity index (χ2v) is 12.4. The van der Waals surface area contributed by atoms with Crippen molar-refractivity contribution in [2.75, 3.05) is 13.2 Å². The van der Waals surface area contributed by atoms with E-state index < -0.39 is 13.9 Å². The number of carbonyl (C=O) groups excluding carboxylic acids is 1. The second kappa shape index (κ2) is 23.0. The quantitative estimate of drug-likeness (QED) is 0.0757. The van der Waals surface area contributed by atoms with Crippen molar-refractivity contribution in [1.29, 1.82) is 0 Å². The maximum atomic E-state index is 12.5. The van der Waals surface area contributed by atoms with Crippen molar-refractivity contribution in [2.24, 2.45) is 5.92 Å². The smallest absolute Gasteiger partial charge is 0.220 e. The molecule has 1 N–H and O–H groups in total. The third-order valence-corrected chi connectivity index (χ3v) is 7.30. The van der Waals surface area contributed by atoms with Crippen LogP contribution in [0, 0.1) is 5.92 Å². The number of phosphoric acid groups is 1. The predicted octanol–water partition coefficient (Wildman–Crippen LogP) is 7.02. The van der Waals surface area contributed by atoms with Crippen LogP contribution < -0.4 is 19.8 Å². The monoisotopic (exact) mass is 579 g/mol. The number of benzene rings is 1. The lowest BCUT2D eigenvalue weighted by Crippen LogP contribution is -2.40. The first-order valence-corrected chi connectivity index (χ1v) is 17.0. The Labute approximate surface area is 243 Å². The van der Waals surface area contributed by atoms with Crippen molar-refractivity contribution in [3.05, 3.63) is 42.0 Å². The molecule has 8 heteroatoms. The number of nitrogens with one attached hydrogen (secondary N) is 1. The fourth-order valence-corrected chi connectivity index (χ4v) is 4.77. The molecule has 1 unspecified atom stereocenters. The predicted molar refractivity (Wildman–Crippen MR) is 160 cm³/mol. The van der Waals surface area contributed by atoms with E-state index in [1.807, 2.05) is 24.3 Å². The zero-order chi connectivity index (χ0) is 29.5. The molecule has 40 heavy (non-hydrogen) atoms. The van der Waals surface area contributed by atoms with E-state index in [-0.39, 0.29) is 12.5 Å². The number of phosphoric ester groups is 1. The molecule has 7 nitrogen and oxygen atoms in total. The molecule has 0 bridgehead atoms. The number of ether oxygens (including phenoxy) is 1. The lowest BCUT2D eigenvalue weighted by atomic mass is 10.1. The van der Waals surface area contributed by atoms with Gasteiger partial charge in [0.25, 0.3) is 0 Å². The molecule has 0 aliphatic carbocycles. The van der Waals surface area contributed by atoms with Crippen LogP contribution in [-0.2, 0) is 20.3 Å². The fourth-order valence-electron chi connectivity index (χ4n) is 4.41. The van der Waals surface area contributed by atoms with Crippen LogP contribution in [0.15, 0.2) is 36.4 Å². The van der Waals surface area contributed by atoms with Gasteiger partial charge in [0, 0.05) is 6.42 Å². The molecule has 0 fully saturated rings. The minimum atomic E-state index is -5.13. The third-order valence-electron chi connectivity index (χ3n) is 6.83. The van der Waals surface area contributed by atoms with E-state index in [2.05, 4.69) is 42.8 Å². The van der Waals surface area contributed by atoms with Gasteiger partial charge in [-0.1, -0.05) is 96.4 Å². The van der Waals surface area contributed by atoms with Crippen LogP contribution in [0.1, 0.15) is 123 Å². The third kappa shape index (κ3) is 22.1. The van der Waals surface area contributed by atoms with Gasteiger partial charge in [-0.25, -0.2) is 0 Å². The van der Waals surface area contributed by atoms with E-state index in [9.17, 15) is 19.1 Å². The van der Waals surface area contributed by atoms with Gasteiger partial charge in [0.2, 0.25) is 5.91 Å². The molecule has 0 radical (unpaired) electrons. The molecule has 1 aromatic rings. The highest BCUT2D eigenvalue weighted by molar-refractivity contribution is 7.43. The largest absolute Gasteiger partial charge is 0.790 e. The first-order chi connectivity index (χ1) is 19.2. The molecule has 0 aliphatic rings. The summed E-state index contributed by atoms with van der Waals surface area (Å²) >= 11 is 0. The van der Waals surface area contributed by atoms with E-state index in [0.29, 0.717) is 25.4 Å². The van der Waals surface area contributed by atoms with Crippen LogP contribution in [-0.4, -0.2) is 25.2 Å². The number of hydrogen-bond donors (Lipinski definition) is 1. The van der Waals surface area contributed by atoms with Gasteiger partial charge < -0.3 is 28.9 Å². The molecular weight excluding hydrogens is 525 g/mol. The van der Waals surface area contributed by atoms with Crippen molar-refractivity contribution in [3.63, 3.8) is 0 Å². The molecule has 1 aromatic carbocycles. The fraction of sp³-hybridized carbons (Fsp3) is 0.719. The molecule has 0 spiro atoms. The number of allylic oxidation sites excluding steroid dienone is 2. The number of carbonyl (C=O) groups is 1. The molecule has 230 valence electrons. The van der Waals surface area contributed by atoms with Gasteiger partial charge in [0.05, 0.1) is 27.1 Å². The Kier molecular flexibility index (Phi) is 20.9. The molecule has 1 atom stereocenters. The summed E-state index contributed by atoms with van der Waals surface area (Å²) < 4.78 is 21.2. The highest BCUT2D eigenvalue weighted by atomic mass is 31.2. The number of hydrogen-bond acceptors (Lipinski definition) is 6. The van der Waals surface area contributed by atoms with E-state index in [4.69, 9.17) is 4.74 Å². The van der Waals surface area contributed by atoms with Crippen LogP contribution >= 0.6 is 7.82 Å². The van der Waals surface area contributed by atoms with Crippen molar-refractivity contribution >= 4 is 13.7 Å². The van der Waals surface area contributed by atoms with Crippen LogP contribution in [0.3, 0.4) is 0 Å². The van der Waals surface area contributed by atoms with Gasteiger partial charge in [-0.2, -0.15) is 0 Å². The van der Waals surface area contributed by atoms with E-state index in [1.54, 1.807) is 0 Å². The van der Waals surface area contributed by atoms with Crippen LogP contribution in [0.5, 0.6) is 5.75 Å². The van der Waals surface area contributed by atoms with Crippen molar-refractivity contribution < 1.29 is 28.4 Å². The summed E-state index contributed by atoms with van der Waals surface area (Å²) in [5, 5.41) is 2.85. The molecule has 0 saturated heterocycles. The SMILES string of the molecule is CCCCCCCC/C=C\CCCCCCCC(=O)NC(COP(=O)([O-])[O-])Cc1ccc(OCCC(C)C)cc1. The van der Waals surface area contributed by atoms with Gasteiger partial charge in [-0.3, -0.25) is 4.79 Å². The number of amides is 1. The second-order valence-electron chi connectivity index (χ2n) is 11.2. The van der Waals surface area contributed by atoms with E-state index in [0.717, 1.165) is 49.8 Å². The first-order valence-electron chi connectivity index (χ1n) is 15.5. The molecule has 0 heterocycles. The maximum Gasteiger partial charge on any atom is 0.220 e. The van der Waals surface area contributed by atoms with Crippen LogP contribution in [0.25, 0.3) is 0 Å². The Morgan fingerprint density at radius 3 is 2.05 bits per heavy atom. The number of rotatable bonds is 25. The average Bonchev–Trinajstić information content (AvgIpc) is 2.90. The zero-order valence-corrected chi connectivity index (χ0v) is 26.1. The lowest BCUT2D eigenvalue weighted by molar-refractivity contribution is -0.342. The topological polar surface area (TPSA) is 111 Å². The highest BCUT2D eigenvalue weighted by Gasteiger charge is 2.14. The molecule has 1 rings (SSSR count). The minimum absolute atomic E-state index is 0.161. The summed E-state index contributed by atoms with van der Waals surface area (Å²) in [5.74, 6) is 1.16. The highest BCUT2D eigenvalue weighted by Crippen LogP contribution is 2.25. The number of unbranched alkanes of at least 4 members (excludes halogenated alkanes) is 11. The van der Waals surface area contributed by atoms with E-state index >= 15 is 0 Å². The Morgan fingerprint density at radius 1 is 0.900 bits per heavy atom. The van der Waals surface area contributed by atoms with Crippen LogP contribution in [0.2, 0.25) is 0 Å². The molecule has 1 amide bonds. The summed E-state index contributed by atoms with van der Waals surface area (Å²) in [6.07, 6.45) is 21.8. The van der Waals surface area contributed by atoms with Gasteiger partial charge in [-0.05, 0) is 68.6 Å². The van der Waals surface area contributed by atoms with Crippen LogP contribution in [0.4, 0.5) is 0 Å². The summed E-state index contributed by atoms with van der Waals surface area (Å²) in [6.45, 7) is 6.79. The Hall–Kier alpha value is -1.66. The van der Waals surface area contributed by atoms with Gasteiger partial charge in [-0.15, -0.1) is 0 Å². The zero-order valence-electron chi connectivity index (χ0n) is 25.2. The van der Waals surface area contributed by atoms with Crippen molar-refractivity contribution in [1.82, 2.24) is 5.32 Å². The molecule has 0 saturated carbocycles. The molecule has 0 aliphatic heterocycles. The summed E-state index contributed by atoms with van der Waals surface area (Å²) in [7, 11) is -5.13. The van der Waals surface area contributed by atoms with Crippen molar-refractivity contribution in [2.45, 2.75) is 130 Å². The Balaban J connectivity index is 2.27. The van der Waals surface area contributed by atoms with Gasteiger partial charge in [0.1, 0.15) is 5.75 Å². The Bertz CT molecular complexity index is 836. The van der Waals surface area contributed by atoms with E-state index in [1.165, 1.54) is 51.4 Å². The standard InChI is InChI=1S/C32H56NO6P/c1-4-5-6-7-8-9-10-11-12-13-14-15-16-17-18-19-32(34)33-30(27-39-40(35,36)37)26-29-20-22-31(23-21-29)38-25-24-28(2)3/h11-12,20-23,28,30H,4-10,13-19,24-27H2,1-3H3,(H,33,34)(H2,35,36,37)/p-2/b12-11-. The van der Waals surface area contributed by atoms with Gasteiger partial charge in [0.15, 0.2) is 0 Å². The summed E-state index contributed by atoms with van der Waals surface area (Å²) in [6, 6.07) is 6.85. The molecule has 0 aromatic heterocycles. The average molecular weight is 580 g/mol. The normalized spacial score (nSPS) is 12.8.